The third-order valence-electron chi connectivity index (χ3n) is 1.30. The number of hydrogen-bond donors (Lipinski definition) is 1. The second kappa shape index (κ2) is 5.67. The van der Waals surface area contributed by atoms with Crippen molar-refractivity contribution in [1.29, 1.82) is 0 Å². The molecule has 1 aromatic rings. The molecule has 0 aliphatic carbocycles. The molecule has 1 rings (SSSR count). The maximum Gasteiger partial charge on any atom is 0.269 e. The van der Waals surface area contributed by atoms with Gasteiger partial charge in [0.15, 0.2) is 0 Å². The van der Waals surface area contributed by atoms with Gasteiger partial charge >= 0.3 is 0 Å². The van der Waals surface area contributed by atoms with E-state index in [4.69, 9.17) is 4.55 Å². The Balaban J connectivity index is 0.00000144. The van der Waals surface area contributed by atoms with Gasteiger partial charge in [0.05, 0.1) is 0 Å². The molecule has 6 heteroatoms. The fourth-order valence-corrected chi connectivity index (χ4v) is 2.29. The molecular weight excluding hydrogens is 314 g/mol. The first-order valence-electron chi connectivity index (χ1n) is 3.17. The van der Waals surface area contributed by atoms with Gasteiger partial charge < -0.3 is 0 Å². The van der Waals surface area contributed by atoms with Crippen molar-refractivity contribution in [2.45, 2.75) is 5.75 Å². The Hall–Kier alpha value is 0.860. The maximum absolute atomic E-state index is 10.5. The zero-order valence-electron chi connectivity index (χ0n) is 7.07. The molecule has 0 spiro atoms. The van der Waals surface area contributed by atoms with Crippen LogP contribution in [0.4, 0.5) is 0 Å². The van der Waals surface area contributed by atoms with Crippen LogP contribution in [-0.2, 0) is 15.9 Å². The smallest absolute Gasteiger partial charge is 0.269 e. The Morgan fingerprint density at radius 1 is 1.31 bits per heavy atom. The summed E-state index contributed by atoms with van der Waals surface area (Å²) in [4.78, 5) is 0. The van der Waals surface area contributed by atoms with Crippen molar-refractivity contribution in [3.05, 3.63) is 33.4 Å². The predicted octanol–water partition coefficient (Wildman–Crippen LogP) is 1.30. The zero-order valence-corrected chi connectivity index (χ0v) is 12.0. The molecule has 0 aliphatic heterocycles. The van der Waals surface area contributed by atoms with Crippen LogP contribution in [0.25, 0.3) is 0 Å². The molecule has 0 saturated heterocycles. The van der Waals surface area contributed by atoms with Crippen LogP contribution >= 0.6 is 22.6 Å². The molecule has 0 heterocycles. The maximum atomic E-state index is 10.5. The largest absolute Gasteiger partial charge is 0.285 e. The molecule has 0 aromatic heterocycles. The summed E-state index contributed by atoms with van der Waals surface area (Å²) >= 11 is 2.02. The molecule has 0 amide bonds. The van der Waals surface area contributed by atoms with E-state index in [0.717, 1.165) is 3.57 Å². The molecule has 0 atom stereocenters. The Morgan fingerprint density at radius 3 is 2.31 bits per heavy atom. The Bertz CT molecular complexity index is 377. The van der Waals surface area contributed by atoms with E-state index >= 15 is 0 Å². The second-order valence-electron chi connectivity index (χ2n) is 2.32. The van der Waals surface area contributed by atoms with Crippen molar-refractivity contribution in [3.63, 3.8) is 0 Å². The van der Waals surface area contributed by atoms with Gasteiger partial charge in [-0.1, -0.05) is 18.2 Å². The van der Waals surface area contributed by atoms with Crippen molar-refractivity contribution < 1.29 is 13.0 Å². The van der Waals surface area contributed by atoms with E-state index in [-0.39, 0.29) is 35.3 Å². The second-order valence-corrected chi connectivity index (χ2v) is 4.93. The van der Waals surface area contributed by atoms with Gasteiger partial charge in [-0.2, -0.15) is 8.42 Å². The van der Waals surface area contributed by atoms with Gasteiger partial charge in [-0.15, -0.1) is 0 Å². The molecule has 1 radical (unpaired) electrons. The fourth-order valence-electron chi connectivity index (χ4n) is 0.812. The monoisotopic (exact) mass is 321 g/mol. The summed E-state index contributed by atoms with van der Waals surface area (Å²) in [5, 5.41) is 0. The molecule has 0 bridgehead atoms. The van der Waals surface area contributed by atoms with Crippen molar-refractivity contribution in [2.75, 3.05) is 0 Å². The van der Waals surface area contributed by atoms with Gasteiger partial charge in [-0.25, -0.2) is 0 Å². The molecule has 0 fully saturated rings. The molecule has 1 N–H and O–H groups in total. The van der Waals surface area contributed by atoms with Gasteiger partial charge in [0.2, 0.25) is 0 Å². The van der Waals surface area contributed by atoms with Gasteiger partial charge in [0, 0.05) is 33.1 Å². The van der Waals surface area contributed by atoms with Crippen LogP contribution in [0.3, 0.4) is 0 Å². The fraction of sp³-hybridized carbons (Fsp3) is 0.143. The molecule has 13 heavy (non-hydrogen) atoms. The van der Waals surface area contributed by atoms with Crippen molar-refractivity contribution in [1.82, 2.24) is 0 Å². The van der Waals surface area contributed by atoms with Crippen LogP contribution in [0.5, 0.6) is 0 Å². The van der Waals surface area contributed by atoms with Gasteiger partial charge in [-0.05, 0) is 34.2 Å². The first kappa shape index (κ1) is 13.9. The van der Waals surface area contributed by atoms with Crippen LogP contribution in [0.15, 0.2) is 24.3 Å². The molecule has 3 nitrogen and oxygen atoms in total. The summed E-state index contributed by atoms with van der Waals surface area (Å²) in [6.07, 6.45) is 0. The van der Waals surface area contributed by atoms with E-state index in [9.17, 15) is 8.42 Å². The van der Waals surface area contributed by atoms with Gasteiger partial charge in [0.1, 0.15) is 5.75 Å². The first-order valence-corrected chi connectivity index (χ1v) is 5.86. The topological polar surface area (TPSA) is 54.4 Å². The minimum atomic E-state index is -3.90. The third kappa shape index (κ3) is 5.34. The molecule has 0 unspecified atom stereocenters. The van der Waals surface area contributed by atoms with E-state index in [2.05, 4.69) is 0 Å². The summed E-state index contributed by atoms with van der Waals surface area (Å²) in [5.41, 5.74) is 0.626. The predicted molar refractivity (Wildman–Crippen MR) is 60.2 cm³/mol. The van der Waals surface area contributed by atoms with Gasteiger partial charge in [-0.3, -0.25) is 4.55 Å². The van der Waals surface area contributed by atoms with Crippen LogP contribution in [0, 0.1) is 3.57 Å². The number of rotatable bonds is 2. The summed E-state index contributed by atoms with van der Waals surface area (Å²) in [6, 6.07) is 7.02. The number of halogens is 1. The van der Waals surface area contributed by atoms with Crippen molar-refractivity contribution in [3.8, 4) is 0 Å². The average Bonchev–Trinajstić information content (AvgIpc) is 1.91. The standard InChI is InChI=1S/C7H7IO3S.Na/c8-7-4-2-1-3-6(7)5-12(9,10)11;/h1-4H,5H2,(H,9,10,11);. The van der Waals surface area contributed by atoms with E-state index < -0.39 is 10.1 Å². The zero-order chi connectivity index (χ0) is 9.19. The van der Waals surface area contributed by atoms with E-state index in [0.29, 0.717) is 5.56 Å². The molecule has 67 valence electrons. The van der Waals surface area contributed by atoms with Crippen molar-refractivity contribution >= 4 is 62.3 Å². The Morgan fingerprint density at radius 2 is 1.85 bits per heavy atom. The molecular formula is C7H7INaO3S. The average molecular weight is 321 g/mol. The summed E-state index contributed by atoms with van der Waals surface area (Å²) in [5.74, 6) is -0.313. The third-order valence-corrected chi connectivity index (χ3v) is 3.02. The number of hydrogen-bond acceptors (Lipinski definition) is 2. The van der Waals surface area contributed by atoms with Crippen molar-refractivity contribution in [2.24, 2.45) is 0 Å². The quantitative estimate of drug-likeness (QED) is 0.507. The summed E-state index contributed by atoms with van der Waals surface area (Å²) < 4.78 is 30.4. The minimum absolute atomic E-state index is 0. The first-order chi connectivity index (χ1) is 5.49. The van der Waals surface area contributed by atoms with E-state index in [1.165, 1.54) is 0 Å². The van der Waals surface area contributed by atoms with Crippen LogP contribution in [0.2, 0.25) is 0 Å². The summed E-state index contributed by atoms with van der Waals surface area (Å²) in [6.45, 7) is 0. The molecule has 0 aliphatic rings. The van der Waals surface area contributed by atoms with Gasteiger partial charge in [0.25, 0.3) is 10.1 Å². The summed E-state index contributed by atoms with van der Waals surface area (Å²) in [7, 11) is -3.90. The van der Waals surface area contributed by atoms with Crippen LogP contribution in [0.1, 0.15) is 5.56 Å². The Kier molecular flexibility index (Phi) is 6.05. The SMILES string of the molecule is O=S(=O)(O)Cc1ccccc1I.[Na]. The van der Waals surface area contributed by atoms with E-state index in [1.54, 1.807) is 18.2 Å². The molecule has 1 aromatic carbocycles. The van der Waals surface area contributed by atoms with Crippen LogP contribution < -0.4 is 0 Å². The normalized spacial score (nSPS) is 10.6. The minimum Gasteiger partial charge on any atom is -0.285 e. The van der Waals surface area contributed by atoms with E-state index in [1.807, 2.05) is 28.7 Å². The Labute approximate surface area is 113 Å². The molecule has 0 saturated carbocycles. The number of benzene rings is 1. The van der Waals surface area contributed by atoms with Crippen LogP contribution in [-0.4, -0.2) is 42.5 Å².